The third kappa shape index (κ3) is 3.61. The summed E-state index contributed by atoms with van der Waals surface area (Å²) in [5, 5.41) is 1.67. The van der Waals surface area contributed by atoms with Crippen molar-refractivity contribution in [1.29, 1.82) is 0 Å². The lowest BCUT2D eigenvalue weighted by atomic mass is 10.2. The molecule has 1 saturated heterocycles. The zero-order valence-corrected chi connectivity index (χ0v) is 15.4. The fraction of sp³-hybridized carbons (Fsp3) is 0.412. The maximum atomic E-state index is 11.9. The van der Waals surface area contributed by atoms with Crippen LogP contribution in [0.3, 0.4) is 0 Å². The van der Waals surface area contributed by atoms with E-state index in [0.717, 1.165) is 53.8 Å². The molecule has 1 aromatic carbocycles. The highest BCUT2D eigenvalue weighted by atomic mass is 79.9. The number of amides is 1. The number of halogens is 2. The van der Waals surface area contributed by atoms with Gasteiger partial charge in [0.1, 0.15) is 5.82 Å². The fourth-order valence-corrected chi connectivity index (χ4v) is 3.82. The Bertz CT molecular complexity index is 737. The summed E-state index contributed by atoms with van der Waals surface area (Å²) < 4.78 is 0.952. The lowest BCUT2D eigenvalue weighted by Gasteiger charge is -2.23. The first-order chi connectivity index (χ1) is 11.1. The topological polar surface area (TPSA) is 36.4 Å². The van der Waals surface area contributed by atoms with Crippen LogP contribution in [-0.4, -0.2) is 42.0 Å². The van der Waals surface area contributed by atoms with Gasteiger partial charge in [0.2, 0.25) is 5.91 Å². The van der Waals surface area contributed by atoms with E-state index in [2.05, 4.69) is 20.8 Å². The zero-order chi connectivity index (χ0) is 16.4. The molecule has 0 atom stereocenters. The molecular formula is C17H19BrClN3O. The molecule has 0 radical (unpaired) electrons. The van der Waals surface area contributed by atoms with Gasteiger partial charge >= 0.3 is 0 Å². The largest absolute Gasteiger partial charge is 0.355 e. The van der Waals surface area contributed by atoms with E-state index < -0.39 is 0 Å². The molecular weight excluding hydrogens is 378 g/mol. The minimum Gasteiger partial charge on any atom is -0.355 e. The van der Waals surface area contributed by atoms with Gasteiger partial charge in [0, 0.05) is 42.5 Å². The van der Waals surface area contributed by atoms with Crippen molar-refractivity contribution in [2.45, 2.75) is 19.8 Å². The zero-order valence-electron chi connectivity index (χ0n) is 13.1. The van der Waals surface area contributed by atoms with Gasteiger partial charge in [-0.25, -0.2) is 4.98 Å². The fourth-order valence-electron chi connectivity index (χ4n) is 2.94. The summed E-state index contributed by atoms with van der Waals surface area (Å²) in [5.74, 6) is 1.15. The van der Waals surface area contributed by atoms with Gasteiger partial charge in [0.15, 0.2) is 0 Å². The molecule has 0 spiro atoms. The van der Waals surface area contributed by atoms with Crippen molar-refractivity contribution >= 4 is 50.2 Å². The molecule has 122 valence electrons. The van der Waals surface area contributed by atoms with E-state index in [-0.39, 0.29) is 5.91 Å². The van der Waals surface area contributed by atoms with Crippen LogP contribution in [0.2, 0.25) is 5.02 Å². The molecule has 1 aliphatic heterocycles. The van der Waals surface area contributed by atoms with Crippen LogP contribution >= 0.6 is 27.5 Å². The Morgan fingerprint density at radius 1 is 1.26 bits per heavy atom. The quantitative estimate of drug-likeness (QED) is 0.767. The number of aromatic nitrogens is 1. The summed E-state index contributed by atoms with van der Waals surface area (Å²) in [6.45, 7) is 5.19. The normalized spacial score (nSPS) is 15.8. The summed E-state index contributed by atoms with van der Waals surface area (Å²) in [4.78, 5) is 20.8. The Balaban J connectivity index is 1.84. The van der Waals surface area contributed by atoms with E-state index in [1.807, 2.05) is 36.1 Å². The standard InChI is InChI=1S/C17H19BrClN3O/c1-2-16(23)22-7-3-6-21(8-9-22)15-5-4-12-10-13(18)11-14(19)17(12)20-15/h4-5,10-11H,2-3,6-9H2,1H3. The van der Waals surface area contributed by atoms with Gasteiger partial charge in [-0.15, -0.1) is 0 Å². The second kappa shape index (κ2) is 7.05. The van der Waals surface area contributed by atoms with Gasteiger partial charge in [-0.2, -0.15) is 0 Å². The van der Waals surface area contributed by atoms with Crippen molar-refractivity contribution in [2.75, 3.05) is 31.1 Å². The van der Waals surface area contributed by atoms with Crippen LogP contribution in [0.25, 0.3) is 10.9 Å². The number of fused-ring (bicyclic) bond motifs is 1. The van der Waals surface area contributed by atoms with E-state index >= 15 is 0 Å². The van der Waals surface area contributed by atoms with Gasteiger partial charge < -0.3 is 9.80 Å². The Morgan fingerprint density at radius 2 is 2.09 bits per heavy atom. The maximum absolute atomic E-state index is 11.9. The number of hydrogen-bond acceptors (Lipinski definition) is 3. The van der Waals surface area contributed by atoms with Crippen LogP contribution < -0.4 is 4.90 Å². The Hall–Kier alpha value is -1.33. The predicted octanol–water partition coefficient (Wildman–Crippen LogP) is 4.10. The number of carbonyl (C=O) groups excluding carboxylic acids is 1. The Kier molecular flexibility index (Phi) is 5.07. The van der Waals surface area contributed by atoms with Crippen molar-refractivity contribution in [1.82, 2.24) is 9.88 Å². The molecule has 0 aliphatic carbocycles. The predicted molar refractivity (Wildman–Crippen MR) is 98.2 cm³/mol. The smallest absolute Gasteiger partial charge is 0.222 e. The van der Waals surface area contributed by atoms with Crippen molar-refractivity contribution in [2.24, 2.45) is 0 Å². The van der Waals surface area contributed by atoms with Crippen molar-refractivity contribution < 1.29 is 4.79 Å². The van der Waals surface area contributed by atoms with E-state index in [4.69, 9.17) is 16.6 Å². The summed E-state index contributed by atoms with van der Waals surface area (Å²) in [5.41, 5.74) is 0.818. The number of pyridine rings is 1. The molecule has 2 heterocycles. The van der Waals surface area contributed by atoms with Crippen LogP contribution in [0, 0.1) is 0 Å². The maximum Gasteiger partial charge on any atom is 0.222 e. The second-order valence-electron chi connectivity index (χ2n) is 5.70. The number of nitrogens with zero attached hydrogens (tertiary/aromatic N) is 3. The van der Waals surface area contributed by atoms with Crippen LogP contribution in [0.15, 0.2) is 28.7 Å². The Morgan fingerprint density at radius 3 is 2.87 bits per heavy atom. The van der Waals surface area contributed by atoms with E-state index in [0.29, 0.717) is 11.4 Å². The first-order valence-corrected chi connectivity index (χ1v) is 9.04. The van der Waals surface area contributed by atoms with Crippen molar-refractivity contribution in [3.8, 4) is 0 Å². The average molecular weight is 397 g/mol. The third-order valence-electron chi connectivity index (χ3n) is 4.17. The summed E-state index contributed by atoms with van der Waals surface area (Å²) >= 11 is 9.78. The van der Waals surface area contributed by atoms with Crippen molar-refractivity contribution in [3.63, 3.8) is 0 Å². The minimum absolute atomic E-state index is 0.228. The third-order valence-corrected chi connectivity index (χ3v) is 4.92. The molecule has 0 saturated carbocycles. The minimum atomic E-state index is 0.228. The van der Waals surface area contributed by atoms with Gasteiger partial charge in [-0.3, -0.25) is 4.79 Å². The molecule has 2 aromatic rings. The number of rotatable bonds is 2. The highest BCUT2D eigenvalue weighted by Crippen LogP contribution is 2.29. The highest BCUT2D eigenvalue weighted by Gasteiger charge is 2.19. The first kappa shape index (κ1) is 16.5. The molecule has 1 fully saturated rings. The second-order valence-corrected chi connectivity index (χ2v) is 7.03. The average Bonchev–Trinajstić information content (AvgIpc) is 2.80. The number of carbonyl (C=O) groups is 1. The number of benzene rings is 1. The number of hydrogen-bond donors (Lipinski definition) is 0. The SMILES string of the molecule is CCC(=O)N1CCCN(c2ccc3cc(Br)cc(Cl)c3n2)CC1. The molecule has 6 heteroatoms. The van der Waals surface area contributed by atoms with Crippen LogP contribution in [0.4, 0.5) is 5.82 Å². The van der Waals surface area contributed by atoms with Gasteiger partial charge in [-0.05, 0) is 30.7 Å². The van der Waals surface area contributed by atoms with Crippen molar-refractivity contribution in [3.05, 3.63) is 33.8 Å². The highest BCUT2D eigenvalue weighted by molar-refractivity contribution is 9.10. The molecule has 4 nitrogen and oxygen atoms in total. The van der Waals surface area contributed by atoms with E-state index in [9.17, 15) is 4.79 Å². The molecule has 0 bridgehead atoms. The Labute approximate surface area is 149 Å². The monoisotopic (exact) mass is 395 g/mol. The molecule has 1 aromatic heterocycles. The first-order valence-electron chi connectivity index (χ1n) is 7.87. The van der Waals surface area contributed by atoms with E-state index in [1.165, 1.54) is 0 Å². The summed E-state index contributed by atoms with van der Waals surface area (Å²) in [7, 11) is 0. The lowest BCUT2D eigenvalue weighted by Crippen LogP contribution is -2.34. The molecule has 23 heavy (non-hydrogen) atoms. The lowest BCUT2D eigenvalue weighted by molar-refractivity contribution is -0.130. The molecule has 0 N–H and O–H groups in total. The molecule has 1 amide bonds. The molecule has 3 rings (SSSR count). The summed E-state index contributed by atoms with van der Waals surface area (Å²) in [6.07, 6.45) is 1.53. The van der Waals surface area contributed by atoms with Crippen LogP contribution in [0.5, 0.6) is 0 Å². The molecule has 1 aliphatic rings. The van der Waals surface area contributed by atoms with Gasteiger partial charge in [0.05, 0.1) is 10.5 Å². The van der Waals surface area contributed by atoms with E-state index in [1.54, 1.807) is 0 Å². The van der Waals surface area contributed by atoms with Gasteiger partial charge in [0.25, 0.3) is 0 Å². The summed E-state index contributed by atoms with van der Waals surface area (Å²) in [6, 6.07) is 7.96. The van der Waals surface area contributed by atoms with Crippen LogP contribution in [-0.2, 0) is 4.79 Å². The number of anilines is 1. The van der Waals surface area contributed by atoms with Crippen LogP contribution in [0.1, 0.15) is 19.8 Å². The molecule has 0 unspecified atom stereocenters. The van der Waals surface area contributed by atoms with Gasteiger partial charge in [-0.1, -0.05) is 34.5 Å².